The van der Waals surface area contributed by atoms with E-state index < -0.39 is 0 Å². The second-order valence-electron chi connectivity index (χ2n) is 9.74. The highest BCUT2D eigenvalue weighted by Gasteiger charge is 2.36. The van der Waals surface area contributed by atoms with Crippen molar-refractivity contribution in [2.24, 2.45) is 5.92 Å². The second-order valence-corrected chi connectivity index (χ2v) is 9.74. The number of unbranched alkanes of at least 4 members (excludes halogenated alkanes) is 11. The number of carbonyl (C=O) groups is 1. The molecule has 1 saturated heterocycles. The summed E-state index contributed by atoms with van der Waals surface area (Å²) in [5.74, 6) is 0.953. The highest BCUT2D eigenvalue weighted by Crippen LogP contribution is 2.41. The molecule has 1 heterocycles. The van der Waals surface area contributed by atoms with E-state index in [0.29, 0.717) is 18.1 Å². The van der Waals surface area contributed by atoms with Crippen LogP contribution in [0.5, 0.6) is 0 Å². The molecule has 0 aliphatic carbocycles. The number of hydrogen-bond acceptors (Lipinski definition) is 2. The molecule has 0 bridgehead atoms. The third-order valence-electron chi connectivity index (χ3n) is 6.97. The van der Waals surface area contributed by atoms with E-state index in [4.69, 9.17) is 4.74 Å². The molecule has 1 aromatic carbocycles. The van der Waals surface area contributed by atoms with Gasteiger partial charge in [0.15, 0.2) is 0 Å². The van der Waals surface area contributed by atoms with Gasteiger partial charge in [-0.15, -0.1) is 0 Å². The smallest absolute Gasteiger partial charge is 0.135 e. The fourth-order valence-corrected chi connectivity index (χ4v) is 5.00. The minimum absolute atomic E-state index is 0.123. The Bertz CT molecular complexity index is 567. The minimum Gasteiger partial charge on any atom is -0.370 e. The lowest BCUT2D eigenvalue weighted by molar-refractivity contribution is -0.122. The van der Waals surface area contributed by atoms with E-state index in [9.17, 15) is 4.79 Å². The van der Waals surface area contributed by atoms with E-state index in [1.165, 1.54) is 89.0 Å². The molecule has 2 heteroatoms. The first-order valence-electron chi connectivity index (χ1n) is 13.5. The van der Waals surface area contributed by atoms with E-state index in [0.717, 1.165) is 19.3 Å². The number of hydrogen-bond donors (Lipinski definition) is 0. The maximum atomic E-state index is 12.7. The summed E-state index contributed by atoms with van der Waals surface area (Å²) in [4.78, 5) is 12.7. The Balaban J connectivity index is 1.69. The van der Waals surface area contributed by atoms with Crippen LogP contribution in [0.15, 0.2) is 30.3 Å². The maximum absolute atomic E-state index is 12.7. The van der Waals surface area contributed by atoms with Crippen LogP contribution in [0, 0.1) is 5.92 Å². The quantitative estimate of drug-likeness (QED) is 0.218. The molecule has 176 valence electrons. The number of ether oxygens (including phenoxy) is 1. The summed E-state index contributed by atoms with van der Waals surface area (Å²) < 4.78 is 6.46. The van der Waals surface area contributed by atoms with Gasteiger partial charge in [-0.25, -0.2) is 0 Å². The van der Waals surface area contributed by atoms with Gasteiger partial charge in [0, 0.05) is 12.8 Å². The molecule has 0 spiro atoms. The molecule has 0 N–H and O–H groups in total. The molecule has 0 unspecified atom stereocenters. The summed E-state index contributed by atoms with van der Waals surface area (Å²) in [5.41, 5.74) is 1.27. The molecule has 0 amide bonds. The molecular formula is C29H48O2. The monoisotopic (exact) mass is 428 g/mol. The first kappa shape index (κ1) is 26.1. The summed E-state index contributed by atoms with van der Waals surface area (Å²) in [6, 6.07) is 10.6. The van der Waals surface area contributed by atoms with E-state index >= 15 is 0 Å². The van der Waals surface area contributed by atoms with Gasteiger partial charge >= 0.3 is 0 Å². The molecule has 1 aromatic rings. The van der Waals surface area contributed by atoms with Crippen LogP contribution < -0.4 is 0 Å². The van der Waals surface area contributed by atoms with Crippen molar-refractivity contribution in [2.75, 3.05) is 0 Å². The average Bonchev–Trinajstić information content (AvgIpc) is 3.18. The van der Waals surface area contributed by atoms with Gasteiger partial charge in [-0.2, -0.15) is 0 Å². The first-order chi connectivity index (χ1) is 15.2. The zero-order valence-corrected chi connectivity index (χ0v) is 20.5. The Morgan fingerprint density at radius 2 is 1.39 bits per heavy atom. The Morgan fingerprint density at radius 1 is 0.806 bits per heavy atom. The Kier molecular flexibility index (Phi) is 13.9. The van der Waals surface area contributed by atoms with Gasteiger partial charge in [0.05, 0.1) is 12.2 Å². The summed E-state index contributed by atoms with van der Waals surface area (Å²) in [6.07, 6.45) is 20.8. The molecule has 1 aliphatic heterocycles. The number of ketones is 1. The van der Waals surface area contributed by atoms with Crippen molar-refractivity contribution >= 4 is 5.78 Å². The van der Waals surface area contributed by atoms with Gasteiger partial charge in [0.2, 0.25) is 0 Å². The van der Waals surface area contributed by atoms with Crippen LogP contribution in [0.3, 0.4) is 0 Å². The van der Waals surface area contributed by atoms with Gasteiger partial charge in [0.25, 0.3) is 0 Å². The fraction of sp³-hybridized carbons (Fsp3) is 0.759. The zero-order chi connectivity index (χ0) is 22.2. The van der Waals surface area contributed by atoms with Crippen molar-refractivity contribution in [3.05, 3.63) is 35.9 Å². The van der Waals surface area contributed by atoms with Crippen LogP contribution in [0.1, 0.15) is 135 Å². The molecule has 0 saturated carbocycles. The molecule has 0 radical (unpaired) electrons. The van der Waals surface area contributed by atoms with Crippen molar-refractivity contribution in [2.45, 2.75) is 135 Å². The van der Waals surface area contributed by atoms with Gasteiger partial charge in [0.1, 0.15) is 5.78 Å². The minimum atomic E-state index is 0.123. The van der Waals surface area contributed by atoms with Crippen LogP contribution in [0.25, 0.3) is 0 Å². The molecule has 1 aliphatic rings. The SMILES string of the molecule is CCCCCCCCCCCC(=O)C[C@@H]1O[C@H](c2ccccc2)C[C@H]1CCCCCC. The lowest BCUT2D eigenvalue weighted by atomic mass is 9.88. The zero-order valence-electron chi connectivity index (χ0n) is 20.5. The van der Waals surface area contributed by atoms with Crippen LogP contribution in [-0.2, 0) is 9.53 Å². The maximum Gasteiger partial charge on any atom is 0.135 e. The van der Waals surface area contributed by atoms with E-state index in [2.05, 4.69) is 44.2 Å². The van der Waals surface area contributed by atoms with Crippen LogP contribution >= 0.6 is 0 Å². The molecule has 1 fully saturated rings. The largest absolute Gasteiger partial charge is 0.370 e. The Labute approximate surface area is 192 Å². The van der Waals surface area contributed by atoms with Gasteiger partial charge < -0.3 is 4.74 Å². The predicted molar refractivity (Wildman–Crippen MR) is 132 cm³/mol. The summed E-state index contributed by atoms with van der Waals surface area (Å²) >= 11 is 0. The van der Waals surface area contributed by atoms with E-state index in [-0.39, 0.29) is 12.2 Å². The van der Waals surface area contributed by atoms with Crippen LogP contribution in [0.4, 0.5) is 0 Å². The van der Waals surface area contributed by atoms with E-state index in [1.807, 2.05) is 0 Å². The Hall–Kier alpha value is -1.15. The molecular weight excluding hydrogens is 380 g/mol. The van der Waals surface area contributed by atoms with Crippen LogP contribution in [0.2, 0.25) is 0 Å². The van der Waals surface area contributed by atoms with Gasteiger partial charge in [-0.3, -0.25) is 4.79 Å². The predicted octanol–water partition coefficient (Wildman–Crippen LogP) is 8.98. The molecule has 3 atom stereocenters. The van der Waals surface area contributed by atoms with Gasteiger partial charge in [-0.05, 0) is 30.7 Å². The van der Waals surface area contributed by atoms with Crippen molar-refractivity contribution in [3.8, 4) is 0 Å². The van der Waals surface area contributed by atoms with Gasteiger partial charge in [-0.1, -0.05) is 121 Å². The third kappa shape index (κ3) is 10.8. The molecule has 2 nitrogen and oxygen atoms in total. The second kappa shape index (κ2) is 16.5. The Morgan fingerprint density at radius 3 is 2.03 bits per heavy atom. The number of Topliss-reactive ketones (excluding diaryl/α,β-unsaturated/α-hetero) is 1. The third-order valence-corrected chi connectivity index (χ3v) is 6.97. The summed E-state index contributed by atoms with van der Waals surface area (Å²) in [5, 5.41) is 0. The summed E-state index contributed by atoms with van der Waals surface area (Å²) in [6.45, 7) is 4.53. The number of benzene rings is 1. The molecule has 2 rings (SSSR count). The topological polar surface area (TPSA) is 26.3 Å². The highest BCUT2D eigenvalue weighted by molar-refractivity contribution is 5.78. The van der Waals surface area contributed by atoms with E-state index in [1.54, 1.807) is 0 Å². The average molecular weight is 429 g/mol. The molecule has 31 heavy (non-hydrogen) atoms. The lowest BCUT2D eigenvalue weighted by Gasteiger charge is -2.18. The fourth-order valence-electron chi connectivity index (χ4n) is 5.00. The first-order valence-corrected chi connectivity index (χ1v) is 13.5. The normalized spacial score (nSPS) is 20.9. The highest BCUT2D eigenvalue weighted by atomic mass is 16.5. The molecule has 0 aromatic heterocycles. The number of carbonyl (C=O) groups excluding carboxylic acids is 1. The standard InChI is InChI=1S/C29H48O2/c1-3-5-7-9-10-11-12-13-18-22-27(30)24-29-26(21-15-8-6-4-2)23-28(31-29)25-19-16-14-17-20-25/h14,16-17,19-20,26,28-29H,3-13,15,18,21-24H2,1-2H3/t26-,28+,29+/m1/s1. The summed E-state index contributed by atoms with van der Waals surface area (Å²) in [7, 11) is 0. The van der Waals surface area contributed by atoms with Crippen molar-refractivity contribution in [1.82, 2.24) is 0 Å². The van der Waals surface area contributed by atoms with Crippen molar-refractivity contribution in [3.63, 3.8) is 0 Å². The van der Waals surface area contributed by atoms with Crippen LogP contribution in [-0.4, -0.2) is 11.9 Å². The lowest BCUT2D eigenvalue weighted by Crippen LogP contribution is -2.20. The van der Waals surface area contributed by atoms with Crippen molar-refractivity contribution in [1.29, 1.82) is 0 Å². The van der Waals surface area contributed by atoms with Crippen molar-refractivity contribution < 1.29 is 9.53 Å². The number of rotatable bonds is 18.